The van der Waals surface area contributed by atoms with Crippen LogP contribution in [0.2, 0.25) is 0 Å². The monoisotopic (exact) mass is 241 g/mol. The molecule has 94 valence electrons. The maximum atomic E-state index is 11.4. The lowest BCUT2D eigenvalue weighted by molar-refractivity contribution is -0.000771. The van der Waals surface area contributed by atoms with Gasteiger partial charge < -0.3 is 14.9 Å². The molecule has 0 unspecified atom stereocenters. The molecule has 17 heavy (non-hydrogen) atoms. The van der Waals surface area contributed by atoms with E-state index in [9.17, 15) is 15.0 Å². The largest absolute Gasteiger partial charge is 0.534 e. The van der Waals surface area contributed by atoms with E-state index in [4.69, 9.17) is 4.74 Å². The number of nitrogens with zero attached hydrogens (tertiary/aromatic N) is 1. The summed E-state index contributed by atoms with van der Waals surface area (Å²) in [5, 5.41) is 18.5. The second kappa shape index (κ2) is 4.99. The van der Waals surface area contributed by atoms with Crippen LogP contribution < -0.4 is 4.84 Å². The summed E-state index contributed by atoms with van der Waals surface area (Å²) < 4.78 is 5.69. The molecule has 1 saturated carbocycles. The Labute approximate surface area is 98.3 Å². The molecule has 2 rings (SSSR count). The highest BCUT2D eigenvalue weighted by molar-refractivity contribution is 5.60. The number of ether oxygens (including phenoxy) is 1. The Bertz CT molecular complexity index is 375. The molecule has 1 aromatic heterocycles. The van der Waals surface area contributed by atoms with Gasteiger partial charge in [0.1, 0.15) is 6.10 Å². The maximum absolute atomic E-state index is 11.4. The highest BCUT2D eigenvalue weighted by Gasteiger charge is 2.20. The Balaban J connectivity index is 1.88. The third kappa shape index (κ3) is 2.83. The van der Waals surface area contributed by atoms with Gasteiger partial charge in [-0.15, -0.1) is 4.73 Å². The Morgan fingerprint density at radius 1 is 1.18 bits per heavy atom. The molecule has 1 aliphatic carbocycles. The van der Waals surface area contributed by atoms with Gasteiger partial charge in [-0.05, 0) is 25.7 Å². The van der Waals surface area contributed by atoms with Gasteiger partial charge >= 0.3 is 6.16 Å². The van der Waals surface area contributed by atoms with Crippen molar-refractivity contribution < 1.29 is 24.6 Å². The van der Waals surface area contributed by atoms with E-state index in [0.29, 0.717) is 4.73 Å². The topological polar surface area (TPSA) is 80.9 Å². The van der Waals surface area contributed by atoms with Crippen LogP contribution in [0.3, 0.4) is 0 Å². The summed E-state index contributed by atoms with van der Waals surface area (Å²) in [6.45, 7) is 0. The van der Waals surface area contributed by atoms with E-state index in [-0.39, 0.29) is 17.9 Å². The van der Waals surface area contributed by atoms with E-state index in [2.05, 4.69) is 4.84 Å². The molecule has 0 spiro atoms. The molecule has 0 aromatic carbocycles. The van der Waals surface area contributed by atoms with E-state index >= 15 is 0 Å². The number of hydrogen-bond donors (Lipinski definition) is 2. The van der Waals surface area contributed by atoms with Gasteiger partial charge in [-0.1, -0.05) is 6.42 Å². The van der Waals surface area contributed by atoms with E-state index in [1.807, 2.05) is 0 Å². The van der Waals surface area contributed by atoms with Gasteiger partial charge in [-0.3, -0.25) is 4.84 Å². The molecule has 0 atom stereocenters. The van der Waals surface area contributed by atoms with Crippen molar-refractivity contribution >= 4 is 6.16 Å². The molecule has 1 heterocycles. The first-order valence-corrected chi connectivity index (χ1v) is 5.65. The third-order valence-corrected chi connectivity index (χ3v) is 2.78. The highest BCUT2D eigenvalue weighted by Crippen LogP contribution is 2.22. The van der Waals surface area contributed by atoms with Crippen molar-refractivity contribution in [2.45, 2.75) is 38.2 Å². The van der Waals surface area contributed by atoms with Crippen LogP contribution >= 0.6 is 0 Å². The highest BCUT2D eigenvalue weighted by atomic mass is 16.8. The minimum Gasteiger partial charge on any atom is -0.492 e. The molecule has 1 aliphatic rings. The van der Waals surface area contributed by atoms with Gasteiger partial charge in [0.15, 0.2) is 0 Å². The van der Waals surface area contributed by atoms with E-state index < -0.39 is 6.16 Å². The summed E-state index contributed by atoms with van der Waals surface area (Å²) >= 11 is 0. The van der Waals surface area contributed by atoms with Crippen LogP contribution in [0, 0.1) is 0 Å². The molecule has 0 amide bonds. The van der Waals surface area contributed by atoms with Gasteiger partial charge in [0.25, 0.3) is 0 Å². The normalized spacial score (nSPS) is 16.7. The van der Waals surface area contributed by atoms with Crippen molar-refractivity contribution in [1.82, 2.24) is 4.73 Å². The molecular weight excluding hydrogens is 226 g/mol. The molecule has 0 saturated heterocycles. The smallest absolute Gasteiger partial charge is 0.492 e. The molecule has 0 aliphatic heterocycles. The van der Waals surface area contributed by atoms with Gasteiger partial charge in [-0.25, -0.2) is 4.79 Å². The number of aromatic nitrogens is 1. The zero-order valence-corrected chi connectivity index (χ0v) is 9.33. The van der Waals surface area contributed by atoms with Crippen molar-refractivity contribution in [1.29, 1.82) is 0 Å². The average molecular weight is 241 g/mol. The van der Waals surface area contributed by atoms with Crippen LogP contribution in [0.15, 0.2) is 12.1 Å². The zero-order chi connectivity index (χ0) is 12.3. The van der Waals surface area contributed by atoms with Crippen LogP contribution in [-0.2, 0) is 4.74 Å². The SMILES string of the molecule is O=C(OC1CCCCC1)On1c(O)ccc1O. The first-order valence-electron chi connectivity index (χ1n) is 5.65. The molecule has 6 nitrogen and oxygen atoms in total. The average Bonchev–Trinajstić information content (AvgIpc) is 2.62. The fraction of sp³-hybridized carbons (Fsp3) is 0.545. The first kappa shape index (κ1) is 11.6. The zero-order valence-electron chi connectivity index (χ0n) is 9.33. The second-order valence-electron chi connectivity index (χ2n) is 4.06. The second-order valence-corrected chi connectivity index (χ2v) is 4.06. The Morgan fingerprint density at radius 2 is 1.76 bits per heavy atom. The molecule has 0 radical (unpaired) electrons. The third-order valence-electron chi connectivity index (χ3n) is 2.78. The summed E-state index contributed by atoms with van der Waals surface area (Å²) in [6.07, 6.45) is 3.86. The molecular formula is C11H15NO5. The summed E-state index contributed by atoms with van der Waals surface area (Å²) in [7, 11) is 0. The van der Waals surface area contributed by atoms with Crippen molar-refractivity contribution in [2.24, 2.45) is 0 Å². The molecule has 0 bridgehead atoms. The van der Waals surface area contributed by atoms with Crippen LogP contribution in [0.5, 0.6) is 11.8 Å². The lowest BCUT2D eigenvalue weighted by Crippen LogP contribution is -2.27. The number of carbonyl (C=O) groups is 1. The number of hydrogen-bond acceptors (Lipinski definition) is 5. The van der Waals surface area contributed by atoms with Gasteiger partial charge in [0.05, 0.1) is 0 Å². The Hall–Kier alpha value is -1.85. The van der Waals surface area contributed by atoms with Crippen molar-refractivity contribution in [2.75, 3.05) is 0 Å². The lowest BCUT2D eigenvalue weighted by atomic mass is 9.98. The molecule has 1 fully saturated rings. The van der Waals surface area contributed by atoms with E-state index in [0.717, 1.165) is 32.1 Å². The van der Waals surface area contributed by atoms with Crippen LogP contribution in [-0.4, -0.2) is 27.2 Å². The molecule has 6 heteroatoms. The van der Waals surface area contributed by atoms with Gasteiger partial charge in [-0.2, -0.15) is 0 Å². The summed E-state index contributed by atoms with van der Waals surface area (Å²) in [4.78, 5) is 16.1. The number of aromatic hydroxyl groups is 2. The molecule has 1 aromatic rings. The van der Waals surface area contributed by atoms with Crippen LogP contribution in [0.1, 0.15) is 32.1 Å². The minimum absolute atomic E-state index is 0.129. The fourth-order valence-corrected chi connectivity index (χ4v) is 1.91. The maximum Gasteiger partial charge on any atom is 0.534 e. The summed E-state index contributed by atoms with van der Waals surface area (Å²) in [5.41, 5.74) is 0. The Morgan fingerprint density at radius 3 is 2.35 bits per heavy atom. The molecule has 2 N–H and O–H groups in total. The standard InChI is InChI=1S/C11H15NO5/c13-9-6-7-10(14)12(9)17-11(15)16-8-4-2-1-3-5-8/h6-8,13-14H,1-5H2. The van der Waals surface area contributed by atoms with Crippen LogP contribution in [0.25, 0.3) is 0 Å². The number of carbonyl (C=O) groups excluding carboxylic acids is 1. The first-order chi connectivity index (χ1) is 8.16. The predicted molar refractivity (Wildman–Crippen MR) is 57.7 cm³/mol. The van der Waals surface area contributed by atoms with Crippen molar-refractivity contribution in [3.8, 4) is 11.8 Å². The minimum atomic E-state index is -0.918. The van der Waals surface area contributed by atoms with Gasteiger partial charge in [0.2, 0.25) is 11.8 Å². The van der Waals surface area contributed by atoms with E-state index in [1.54, 1.807) is 0 Å². The van der Waals surface area contributed by atoms with Crippen molar-refractivity contribution in [3.05, 3.63) is 12.1 Å². The van der Waals surface area contributed by atoms with Gasteiger partial charge in [0, 0.05) is 12.1 Å². The number of rotatable bonds is 2. The van der Waals surface area contributed by atoms with E-state index in [1.165, 1.54) is 12.1 Å². The summed E-state index contributed by atoms with van der Waals surface area (Å²) in [5.74, 6) is -0.716. The summed E-state index contributed by atoms with van der Waals surface area (Å²) in [6, 6.07) is 2.42. The van der Waals surface area contributed by atoms with Crippen LogP contribution in [0.4, 0.5) is 4.79 Å². The lowest BCUT2D eigenvalue weighted by Gasteiger charge is -2.21. The quantitative estimate of drug-likeness (QED) is 0.771. The fourth-order valence-electron chi connectivity index (χ4n) is 1.91. The Kier molecular flexibility index (Phi) is 3.41. The van der Waals surface area contributed by atoms with Crippen molar-refractivity contribution in [3.63, 3.8) is 0 Å². The predicted octanol–water partition coefficient (Wildman–Crippen LogP) is 1.80.